The second-order valence-corrected chi connectivity index (χ2v) is 3.67. The number of nitrogen functional groups attached to an aromatic ring is 1. The average molecular weight is 273 g/mol. The van der Waals surface area contributed by atoms with Crippen molar-refractivity contribution in [2.75, 3.05) is 5.73 Å². The van der Waals surface area contributed by atoms with Crippen LogP contribution in [-0.2, 0) is 0 Å². The molecule has 4 nitrogen and oxygen atoms in total. The van der Waals surface area contributed by atoms with Crippen LogP contribution in [0.3, 0.4) is 0 Å². The van der Waals surface area contributed by atoms with Crippen molar-refractivity contribution in [2.45, 2.75) is 0 Å². The second kappa shape index (κ2) is 3.54. The quantitative estimate of drug-likeness (QED) is 0.837. The molecule has 1 aromatic carbocycles. The molecule has 0 amide bonds. The zero-order valence-electron chi connectivity index (χ0n) is 7.37. The van der Waals surface area contributed by atoms with Crippen LogP contribution in [0.5, 0.6) is 5.75 Å². The SMILES string of the molecule is Nc1cc(-c2ccc(O)c(Br)c2F)no1. The summed E-state index contributed by atoms with van der Waals surface area (Å²) in [5.74, 6) is -0.676. The van der Waals surface area contributed by atoms with Crippen molar-refractivity contribution >= 4 is 21.8 Å². The Morgan fingerprint density at radius 3 is 2.80 bits per heavy atom. The largest absolute Gasteiger partial charge is 0.507 e. The van der Waals surface area contributed by atoms with E-state index < -0.39 is 5.82 Å². The van der Waals surface area contributed by atoms with E-state index in [0.717, 1.165) is 0 Å². The summed E-state index contributed by atoms with van der Waals surface area (Å²) in [7, 11) is 0. The molecule has 2 rings (SSSR count). The maximum absolute atomic E-state index is 13.6. The smallest absolute Gasteiger partial charge is 0.222 e. The Morgan fingerprint density at radius 1 is 1.47 bits per heavy atom. The minimum Gasteiger partial charge on any atom is -0.507 e. The minimum absolute atomic E-state index is 0.0124. The van der Waals surface area contributed by atoms with Gasteiger partial charge in [0.1, 0.15) is 11.4 Å². The summed E-state index contributed by atoms with van der Waals surface area (Å²) >= 11 is 2.92. The molecule has 0 bridgehead atoms. The highest BCUT2D eigenvalue weighted by atomic mass is 79.9. The molecule has 0 unspecified atom stereocenters. The fourth-order valence-corrected chi connectivity index (χ4v) is 1.50. The number of nitrogens with zero attached hydrogens (tertiary/aromatic N) is 1. The van der Waals surface area contributed by atoms with Crippen LogP contribution in [0.25, 0.3) is 11.3 Å². The summed E-state index contributed by atoms with van der Waals surface area (Å²) in [5.41, 5.74) is 5.81. The van der Waals surface area contributed by atoms with Gasteiger partial charge in [-0.05, 0) is 28.1 Å². The van der Waals surface area contributed by atoms with Crippen molar-refractivity contribution in [1.82, 2.24) is 5.16 Å². The van der Waals surface area contributed by atoms with Crippen molar-refractivity contribution in [3.8, 4) is 17.0 Å². The Bertz CT molecular complexity index is 513. The van der Waals surface area contributed by atoms with Gasteiger partial charge in [0.25, 0.3) is 0 Å². The zero-order valence-corrected chi connectivity index (χ0v) is 8.95. The molecule has 0 saturated carbocycles. The van der Waals surface area contributed by atoms with Crippen LogP contribution in [0, 0.1) is 5.82 Å². The van der Waals surface area contributed by atoms with E-state index in [4.69, 9.17) is 5.73 Å². The van der Waals surface area contributed by atoms with Gasteiger partial charge in [-0.3, -0.25) is 0 Å². The number of aromatic nitrogens is 1. The predicted octanol–water partition coefficient (Wildman–Crippen LogP) is 2.53. The van der Waals surface area contributed by atoms with Gasteiger partial charge in [-0.2, -0.15) is 0 Å². The minimum atomic E-state index is -0.608. The molecule has 3 N–H and O–H groups in total. The van der Waals surface area contributed by atoms with Crippen molar-refractivity contribution in [2.24, 2.45) is 0 Å². The molecule has 0 aliphatic heterocycles. The molecule has 1 aromatic heterocycles. The van der Waals surface area contributed by atoms with Crippen LogP contribution < -0.4 is 5.73 Å². The van der Waals surface area contributed by atoms with Gasteiger partial charge in [0.15, 0.2) is 5.82 Å². The summed E-state index contributed by atoms with van der Waals surface area (Å²) in [6.07, 6.45) is 0. The first kappa shape index (κ1) is 9.97. The normalized spacial score (nSPS) is 10.5. The Balaban J connectivity index is 2.59. The number of benzene rings is 1. The molecule has 2 aromatic rings. The van der Waals surface area contributed by atoms with E-state index in [9.17, 15) is 9.50 Å². The molecule has 1 heterocycles. The number of phenols is 1. The van der Waals surface area contributed by atoms with E-state index in [1.165, 1.54) is 18.2 Å². The number of rotatable bonds is 1. The number of phenolic OH excluding ortho intramolecular Hbond substituents is 1. The third kappa shape index (κ3) is 1.68. The highest BCUT2D eigenvalue weighted by Gasteiger charge is 2.14. The molecule has 0 fully saturated rings. The molecule has 0 spiro atoms. The first-order valence-corrected chi connectivity index (χ1v) is 4.78. The lowest BCUT2D eigenvalue weighted by molar-refractivity contribution is 0.438. The van der Waals surface area contributed by atoms with E-state index in [0.29, 0.717) is 0 Å². The van der Waals surface area contributed by atoms with Gasteiger partial charge in [0, 0.05) is 11.6 Å². The summed E-state index contributed by atoms with van der Waals surface area (Å²) in [6.45, 7) is 0. The van der Waals surface area contributed by atoms with E-state index in [1.807, 2.05) is 0 Å². The third-order valence-electron chi connectivity index (χ3n) is 1.87. The number of hydrogen-bond donors (Lipinski definition) is 2. The summed E-state index contributed by atoms with van der Waals surface area (Å²) in [6, 6.07) is 4.15. The molecule has 0 aliphatic rings. The molecule has 15 heavy (non-hydrogen) atoms. The lowest BCUT2D eigenvalue weighted by Gasteiger charge is -2.02. The van der Waals surface area contributed by atoms with Gasteiger partial charge < -0.3 is 15.4 Å². The van der Waals surface area contributed by atoms with Crippen molar-refractivity contribution < 1.29 is 14.0 Å². The molecule has 0 saturated heterocycles. The van der Waals surface area contributed by atoms with E-state index >= 15 is 0 Å². The molecular weight excluding hydrogens is 267 g/mol. The van der Waals surface area contributed by atoms with Gasteiger partial charge in [0.05, 0.1) is 4.47 Å². The Hall–Kier alpha value is -1.56. The standard InChI is InChI=1S/C9H6BrFN2O2/c10-8-6(14)2-1-4(9(8)11)5-3-7(12)15-13-5/h1-3,14H,12H2. The van der Waals surface area contributed by atoms with Crippen LogP contribution in [0.1, 0.15) is 0 Å². The van der Waals surface area contributed by atoms with E-state index in [1.54, 1.807) is 0 Å². The molecule has 78 valence electrons. The maximum Gasteiger partial charge on any atom is 0.222 e. The Morgan fingerprint density at radius 2 is 2.20 bits per heavy atom. The van der Waals surface area contributed by atoms with Crippen LogP contribution >= 0.6 is 15.9 Å². The molecular formula is C9H6BrFN2O2. The summed E-state index contributed by atoms with van der Waals surface area (Å²) < 4.78 is 18.2. The topological polar surface area (TPSA) is 72.3 Å². The van der Waals surface area contributed by atoms with Crippen LogP contribution in [0.4, 0.5) is 10.3 Å². The first-order chi connectivity index (χ1) is 7.09. The number of nitrogens with two attached hydrogens (primary N) is 1. The lowest BCUT2D eigenvalue weighted by atomic mass is 10.1. The highest BCUT2D eigenvalue weighted by molar-refractivity contribution is 9.10. The molecule has 0 atom stereocenters. The monoisotopic (exact) mass is 272 g/mol. The average Bonchev–Trinajstić information content (AvgIpc) is 2.61. The number of anilines is 1. The number of hydrogen-bond acceptors (Lipinski definition) is 4. The zero-order chi connectivity index (χ0) is 11.0. The molecule has 0 radical (unpaired) electrons. The van der Waals surface area contributed by atoms with Gasteiger partial charge in [0.2, 0.25) is 5.88 Å². The summed E-state index contributed by atoms with van der Waals surface area (Å²) in [4.78, 5) is 0. The summed E-state index contributed by atoms with van der Waals surface area (Å²) in [5, 5.41) is 12.8. The fourth-order valence-electron chi connectivity index (χ4n) is 1.15. The molecule has 0 aliphatic carbocycles. The van der Waals surface area contributed by atoms with Crippen LogP contribution in [0.2, 0.25) is 0 Å². The maximum atomic E-state index is 13.6. The number of halogens is 2. The Kier molecular flexibility index (Phi) is 2.36. The molecule has 6 heteroatoms. The number of aromatic hydroxyl groups is 1. The van der Waals surface area contributed by atoms with Gasteiger partial charge in [-0.15, -0.1) is 0 Å². The van der Waals surface area contributed by atoms with Crippen LogP contribution in [0.15, 0.2) is 27.2 Å². The lowest BCUT2D eigenvalue weighted by Crippen LogP contribution is -1.86. The third-order valence-corrected chi connectivity index (χ3v) is 2.62. The van der Waals surface area contributed by atoms with Gasteiger partial charge in [-0.25, -0.2) is 4.39 Å². The van der Waals surface area contributed by atoms with Crippen molar-refractivity contribution in [3.05, 3.63) is 28.5 Å². The highest BCUT2D eigenvalue weighted by Crippen LogP contribution is 2.33. The second-order valence-electron chi connectivity index (χ2n) is 2.87. The van der Waals surface area contributed by atoms with E-state index in [2.05, 4.69) is 25.6 Å². The van der Waals surface area contributed by atoms with Crippen molar-refractivity contribution in [1.29, 1.82) is 0 Å². The van der Waals surface area contributed by atoms with Gasteiger partial charge >= 0.3 is 0 Å². The van der Waals surface area contributed by atoms with E-state index in [-0.39, 0.29) is 27.4 Å². The Labute approximate surface area is 92.6 Å². The predicted molar refractivity (Wildman–Crippen MR) is 55.7 cm³/mol. The van der Waals surface area contributed by atoms with Crippen LogP contribution in [-0.4, -0.2) is 10.3 Å². The van der Waals surface area contributed by atoms with Crippen molar-refractivity contribution in [3.63, 3.8) is 0 Å². The first-order valence-electron chi connectivity index (χ1n) is 3.99. The van der Waals surface area contributed by atoms with Gasteiger partial charge in [-0.1, -0.05) is 5.16 Å². The fraction of sp³-hybridized carbons (Fsp3) is 0.